The van der Waals surface area contributed by atoms with Crippen molar-refractivity contribution in [3.63, 3.8) is 0 Å². The Balaban J connectivity index is 0.000000187. The van der Waals surface area contributed by atoms with E-state index in [0.29, 0.717) is 46.7 Å². The van der Waals surface area contributed by atoms with Crippen LogP contribution in [0.1, 0.15) is 126 Å². The van der Waals surface area contributed by atoms with Crippen molar-refractivity contribution < 1.29 is 24.9 Å². The van der Waals surface area contributed by atoms with Crippen LogP contribution in [-0.2, 0) is 32.3 Å². The number of carbonyl (C=O) groups excluding carboxylic acids is 4. The molecule has 1 aliphatic carbocycles. The Morgan fingerprint density at radius 3 is 1.18 bits per heavy atom. The number of aromatic nitrogens is 6. The standard InChI is InChI=1S/C22H31N3OS2.C21H24N4OS2.C20H29N3OS2.C19H22N4OS3.4H2/c26-21(16-27-22-24-19-10-4-5-11-20(19)28-22)23-13-18-9-6-12-25(15-18)14-17-7-2-1-3-8-17;26-20(15-27-21-24-18-5-1-2-6-19(18)28-21)23-12-17-4-3-11-25(14-17)13-16-7-9-22-10-8-16;1-2-3-6-11-23-12-7-8-16(14-23)13-21-19(24)15-25-20-22-17-9-4-5-10-18(17)26-20;24-17(13-26-19-22-15-5-1-2-6-16(15)27-19)21-10-14-4-3-8-23(11-14)12-18-20-7-9-25-18;;;;/h4-5,10-11,17-18H,1-3,6-9,12-16H2,(H,23,26);1-2,5-10,17H,3-4,11-15H2,(H,23,26);4-5,9-10,16H,2-3,6-8,11-15H2,1H3,(H,21,24);1-2,5-7,9,14H,3-4,8,10-13H2,(H,21,24);4*1H. The molecule has 1 saturated carbocycles. The summed E-state index contributed by atoms with van der Waals surface area (Å²) in [5, 5.41) is 15.7. The fraction of sp³-hybridized carbons (Fsp3) is 0.512. The van der Waals surface area contributed by atoms with E-state index in [9.17, 15) is 19.2 Å². The van der Waals surface area contributed by atoms with Gasteiger partial charge >= 0.3 is 0 Å². The molecule has 109 heavy (non-hydrogen) atoms. The van der Waals surface area contributed by atoms with Crippen LogP contribution in [0.5, 0.6) is 0 Å². The fourth-order valence-corrected chi connectivity index (χ4v) is 23.2. The molecule has 4 N–H and O–H groups in total. The van der Waals surface area contributed by atoms with Gasteiger partial charge in [0.2, 0.25) is 23.6 Å². The van der Waals surface area contributed by atoms with Crippen LogP contribution in [0, 0.1) is 29.6 Å². The van der Waals surface area contributed by atoms with Gasteiger partial charge in [-0.05, 0) is 199 Å². The van der Waals surface area contributed by atoms with Crippen molar-refractivity contribution in [3.05, 3.63) is 144 Å². The highest BCUT2D eigenvalue weighted by Crippen LogP contribution is 2.34. The van der Waals surface area contributed by atoms with Crippen molar-refractivity contribution in [1.29, 1.82) is 0 Å². The smallest absolute Gasteiger partial charge is 0.230 e. The quantitative estimate of drug-likeness (QED) is 0.0244. The summed E-state index contributed by atoms with van der Waals surface area (Å²) in [6, 6.07) is 36.6. The van der Waals surface area contributed by atoms with Gasteiger partial charge in [0.1, 0.15) is 5.01 Å². The maximum Gasteiger partial charge on any atom is 0.230 e. The molecule has 10 aromatic rings. The van der Waals surface area contributed by atoms with E-state index in [1.807, 2.05) is 96.8 Å². The number of hydrogen-bond donors (Lipinski definition) is 4. The highest BCUT2D eigenvalue weighted by atomic mass is 32.2. The number of pyridine rings is 1. The number of thioether (sulfide) groups is 4. The zero-order valence-corrected chi connectivity index (χ0v) is 70.2. The number of benzene rings is 4. The maximum atomic E-state index is 12.3. The van der Waals surface area contributed by atoms with Crippen molar-refractivity contribution in [2.75, 3.05) is 115 Å². The first-order chi connectivity index (χ1) is 53.5. The molecule has 18 nitrogen and oxygen atoms in total. The van der Waals surface area contributed by atoms with E-state index in [4.69, 9.17) is 0 Å². The lowest BCUT2D eigenvalue weighted by Gasteiger charge is -2.36. The number of rotatable bonds is 30. The van der Waals surface area contributed by atoms with Crippen molar-refractivity contribution in [1.82, 2.24) is 70.8 Å². The van der Waals surface area contributed by atoms with Gasteiger partial charge in [0.15, 0.2) is 17.4 Å². The summed E-state index contributed by atoms with van der Waals surface area (Å²) in [7, 11) is 0. The van der Waals surface area contributed by atoms with E-state index in [0.717, 1.165) is 124 Å². The van der Waals surface area contributed by atoms with Crippen LogP contribution >= 0.6 is 104 Å². The third kappa shape index (κ3) is 28.4. The molecular formula is C82H114N14O4S9. The minimum Gasteiger partial charge on any atom is -0.355 e. The summed E-state index contributed by atoms with van der Waals surface area (Å²) in [6.45, 7) is 18.8. The van der Waals surface area contributed by atoms with Crippen LogP contribution in [-0.4, -0.2) is 188 Å². The summed E-state index contributed by atoms with van der Waals surface area (Å²) in [6.07, 6.45) is 26.3. The Hall–Kier alpha value is -5.66. The number of thiazole rings is 5. The second-order valence-electron chi connectivity index (χ2n) is 29.2. The van der Waals surface area contributed by atoms with Crippen LogP contribution in [0.3, 0.4) is 0 Å². The Morgan fingerprint density at radius 2 is 0.789 bits per heavy atom. The van der Waals surface area contributed by atoms with Gasteiger partial charge in [-0.2, -0.15) is 0 Å². The molecule has 0 radical (unpaired) electrons. The highest BCUT2D eigenvalue weighted by molar-refractivity contribution is 8.02. The second kappa shape index (κ2) is 45.3. The molecular weight excluding hydrogens is 1530 g/mol. The predicted molar refractivity (Wildman–Crippen MR) is 469 cm³/mol. The lowest BCUT2D eigenvalue weighted by atomic mass is 9.88. The lowest BCUT2D eigenvalue weighted by Crippen LogP contribution is -2.43. The van der Waals surface area contributed by atoms with Crippen molar-refractivity contribution in [3.8, 4) is 0 Å². The minimum atomic E-state index is 0. The normalized spacial score (nSPS) is 18.9. The molecule has 0 spiro atoms. The number of nitrogens with zero attached hydrogens (tertiary/aromatic N) is 10. The van der Waals surface area contributed by atoms with E-state index in [1.165, 1.54) is 194 Å². The van der Waals surface area contributed by atoms with Gasteiger partial charge in [-0.15, -0.1) is 56.7 Å². The summed E-state index contributed by atoms with van der Waals surface area (Å²) in [5.74, 6) is 5.36. The van der Waals surface area contributed by atoms with Crippen LogP contribution in [0.2, 0.25) is 0 Å². The molecule has 4 unspecified atom stereocenters. The van der Waals surface area contributed by atoms with Crippen molar-refractivity contribution >= 4 is 168 Å². The molecule has 4 atom stereocenters. The van der Waals surface area contributed by atoms with Crippen LogP contribution < -0.4 is 21.3 Å². The van der Waals surface area contributed by atoms with E-state index in [2.05, 4.69) is 114 Å². The monoisotopic (exact) mass is 1650 g/mol. The molecule has 0 bridgehead atoms. The summed E-state index contributed by atoms with van der Waals surface area (Å²) in [4.78, 5) is 85.9. The molecule has 590 valence electrons. The average Bonchev–Trinajstić information content (AvgIpc) is 1.72. The van der Waals surface area contributed by atoms with E-state index in [1.54, 1.807) is 68.4 Å². The molecule has 4 amide bonds. The molecule has 5 aliphatic rings. The molecule has 6 aromatic heterocycles. The maximum absolute atomic E-state index is 12.3. The molecule has 10 heterocycles. The highest BCUT2D eigenvalue weighted by Gasteiger charge is 2.27. The number of amides is 4. The molecule has 5 fully saturated rings. The Morgan fingerprint density at radius 1 is 0.422 bits per heavy atom. The first-order valence-corrected chi connectivity index (χ1v) is 47.3. The number of fused-ring (bicyclic) bond motifs is 4. The number of piperidine rings is 4. The number of para-hydroxylation sites is 4. The van der Waals surface area contributed by atoms with Gasteiger partial charge < -0.3 is 31.1 Å². The number of unbranched alkanes of at least 4 members (excludes halogenated alkanes) is 2. The zero-order valence-electron chi connectivity index (χ0n) is 62.8. The summed E-state index contributed by atoms with van der Waals surface area (Å²) < 4.78 is 8.57. The number of nitrogens with one attached hydrogen (secondary N) is 4. The first-order valence-electron chi connectivity index (χ1n) is 39.2. The molecule has 27 heteroatoms. The SMILES string of the molecule is CCCCCN1CCCC(CNC(=O)CSc2nc3ccccc3s2)C1.O=C(CSc1nc2ccccc2s1)NCC1CCCN(CC2CCCCC2)C1.O=C(CSc1nc2ccccc2s1)NCC1CCCN(Cc2ccncc2)C1.O=C(CSc1nc2ccccc2s1)NCC1CCCN(Cc2nccs2)C1.[HH].[HH].[HH].[HH]. The van der Waals surface area contributed by atoms with Gasteiger partial charge in [0.05, 0.1) is 70.4 Å². The number of carbonyl (C=O) groups is 4. The summed E-state index contributed by atoms with van der Waals surface area (Å²) >= 11 is 14.5. The Bertz CT molecular complexity index is 4260. The molecule has 4 aliphatic heterocycles. The number of hydrogen-bond acceptors (Lipinski definition) is 23. The van der Waals surface area contributed by atoms with Gasteiger partial charge in [-0.1, -0.05) is 135 Å². The van der Waals surface area contributed by atoms with Gasteiger partial charge in [-0.25, -0.2) is 24.9 Å². The average molecular weight is 1650 g/mol. The predicted octanol–water partition coefficient (Wildman–Crippen LogP) is 17.9. The topological polar surface area (TPSA) is 207 Å². The number of likely N-dealkylation sites (tertiary alicyclic amines) is 4. The van der Waals surface area contributed by atoms with Gasteiger partial charge in [0.25, 0.3) is 0 Å². The van der Waals surface area contributed by atoms with E-state index in [-0.39, 0.29) is 29.3 Å². The summed E-state index contributed by atoms with van der Waals surface area (Å²) in [5.41, 5.74) is 5.35. The molecule has 15 rings (SSSR count). The Kier molecular flexibility index (Phi) is 34.4. The van der Waals surface area contributed by atoms with Crippen LogP contribution in [0.25, 0.3) is 40.9 Å². The van der Waals surface area contributed by atoms with Gasteiger partial charge in [0, 0.05) is 95.1 Å². The van der Waals surface area contributed by atoms with E-state index < -0.39 is 0 Å². The molecule has 4 aromatic carbocycles. The second-order valence-corrected chi connectivity index (χ2v) is 39.2. The molecule has 4 saturated heterocycles. The first kappa shape index (κ1) is 82.8. The van der Waals surface area contributed by atoms with Gasteiger partial charge in [-0.3, -0.25) is 34.0 Å². The lowest BCUT2D eigenvalue weighted by molar-refractivity contribution is -0.119. The van der Waals surface area contributed by atoms with Crippen molar-refractivity contribution in [2.24, 2.45) is 29.6 Å². The largest absolute Gasteiger partial charge is 0.355 e. The zero-order chi connectivity index (χ0) is 75.0. The third-order valence-corrected chi connectivity index (χ3v) is 30.0. The van der Waals surface area contributed by atoms with Crippen LogP contribution in [0.4, 0.5) is 0 Å². The van der Waals surface area contributed by atoms with Crippen molar-refractivity contribution in [2.45, 2.75) is 140 Å². The Labute approximate surface area is 686 Å². The fourth-order valence-electron chi connectivity index (χ4n) is 14.9. The van der Waals surface area contributed by atoms with Crippen LogP contribution in [0.15, 0.2) is 151 Å². The minimum absolute atomic E-state index is 0. The third-order valence-electron chi connectivity index (χ3n) is 20.5. The van der Waals surface area contributed by atoms with E-state index >= 15 is 0 Å².